The lowest BCUT2D eigenvalue weighted by molar-refractivity contribution is -0.146. The minimum atomic E-state index is -1.59. The Kier molecular flexibility index (Phi) is 5.25. The Morgan fingerprint density at radius 2 is 1.62 bits per heavy atom. The minimum Gasteiger partial charge on any atom is -0.481 e. The molecule has 0 aliphatic rings. The van der Waals surface area contributed by atoms with Crippen molar-refractivity contribution in [3.63, 3.8) is 0 Å². The van der Waals surface area contributed by atoms with Crippen LogP contribution in [0.5, 0.6) is 0 Å². The zero-order valence-electron chi connectivity index (χ0n) is 7.91. The predicted molar refractivity (Wildman–Crippen MR) is 48.6 cm³/mol. The average molecular weight is 231 g/mol. The van der Waals surface area contributed by atoms with Crippen molar-refractivity contribution in [3.05, 3.63) is 12.2 Å². The van der Waals surface area contributed by atoms with Gasteiger partial charge in [0.25, 0.3) is 0 Å². The molecule has 0 aromatic rings. The van der Waals surface area contributed by atoms with Crippen LogP contribution in [0.25, 0.3) is 0 Å². The standard InChI is InChI=1S/C8H9NO7/c10-5(1-2-6(11)12)9-4(8(15)16)3-7(13)14/h1-2,4H,3H2,(H,9,10)(H,11,12)(H,13,14)(H,15,16)/b2-1+. The molecule has 88 valence electrons. The van der Waals surface area contributed by atoms with Crippen LogP contribution in [-0.4, -0.2) is 45.2 Å². The van der Waals surface area contributed by atoms with E-state index >= 15 is 0 Å². The lowest BCUT2D eigenvalue weighted by atomic mass is 10.2. The molecular formula is C8H9NO7. The van der Waals surface area contributed by atoms with E-state index in [-0.39, 0.29) is 0 Å². The highest BCUT2D eigenvalue weighted by Gasteiger charge is 2.21. The third kappa shape index (κ3) is 6.13. The van der Waals surface area contributed by atoms with E-state index in [0.29, 0.717) is 12.2 Å². The molecule has 0 saturated carbocycles. The van der Waals surface area contributed by atoms with Crippen molar-refractivity contribution in [2.24, 2.45) is 0 Å². The average Bonchev–Trinajstić information content (AvgIpc) is 2.12. The Hall–Kier alpha value is -2.38. The van der Waals surface area contributed by atoms with Crippen LogP contribution in [0.15, 0.2) is 12.2 Å². The molecule has 0 saturated heterocycles. The Labute approximate surface area is 89.2 Å². The van der Waals surface area contributed by atoms with Crippen LogP contribution in [0.3, 0.4) is 0 Å². The molecule has 8 heteroatoms. The number of carbonyl (C=O) groups is 4. The van der Waals surface area contributed by atoms with Gasteiger partial charge in [-0.25, -0.2) is 9.59 Å². The Morgan fingerprint density at radius 3 is 2.00 bits per heavy atom. The van der Waals surface area contributed by atoms with E-state index in [0.717, 1.165) is 0 Å². The summed E-state index contributed by atoms with van der Waals surface area (Å²) >= 11 is 0. The van der Waals surface area contributed by atoms with Crippen LogP contribution in [0.4, 0.5) is 0 Å². The normalized spacial score (nSPS) is 12.0. The van der Waals surface area contributed by atoms with Gasteiger partial charge in [0.1, 0.15) is 6.04 Å². The molecule has 0 aromatic heterocycles. The molecular weight excluding hydrogens is 222 g/mol. The van der Waals surface area contributed by atoms with E-state index in [2.05, 4.69) is 0 Å². The molecule has 16 heavy (non-hydrogen) atoms. The second-order valence-electron chi connectivity index (χ2n) is 2.67. The van der Waals surface area contributed by atoms with Gasteiger partial charge in [0.05, 0.1) is 6.42 Å². The molecule has 0 aromatic carbocycles. The number of hydrogen-bond donors (Lipinski definition) is 4. The Balaban J connectivity index is 4.40. The number of nitrogens with one attached hydrogen (secondary N) is 1. The molecule has 8 nitrogen and oxygen atoms in total. The highest BCUT2D eigenvalue weighted by molar-refractivity contribution is 5.96. The summed E-state index contributed by atoms with van der Waals surface area (Å²) < 4.78 is 0. The third-order valence-electron chi connectivity index (χ3n) is 1.37. The monoisotopic (exact) mass is 231 g/mol. The molecule has 1 amide bonds. The van der Waals surface area contributed by atoms with Crippen molar-refractivity contribution >= 4 is 23.8 Å². The second kappa shape index (κ2) is 6.17. The highest BCUT2D eigenvalue weighted by atomic mass is 16.4. The van der Waals surface area contributed by atoms with Gasteiger partial charge in [0, 0.05) is 12.2 Å². The van der Waals surface area contributed by atoms with Gasteiger partial charge in [-0.05, 0) is 0 Å². The van der Waals surface area contributed by atoms with E-state index in [1.54, 1.807) is 0 Å². The topological polar surface area (TPSA) is 141 Å². The van der Waals surface area contributed by atoms with Gasteiger partial charge in [0.2, 0.25) is 5.91 Å². The molecule has 1 atom stereocenters. The maximum absolute atomic E-state index is 10.9. The van der Waals surface area contributed by atoms with Crippen LogP contribution in [-0.2, 0) is 19.2 Å². The highest BCUT2D eigenvalue weighted by Crippen LogP contribution is 1.93. The van der Waals surface area contributed by atoms with E-state index in [9.17, 15) is 19.2 Å². The summed E-state index contributed by atoms with van der Waals surface area (Å²) in [5.41, 5.74) is 0. The summed E-state index contributed by atoms with van der Waals surface area (Å²) in [6.07, 6.45) is 0.317. The summed E-state index contributed by atoms with van der Waals surface area (Å²) in [5, 5.41) is 26.9. The first-order valence-corrected chi connectivity index (χ1v) is 3.99. The molecule has 0 aliphatic carbocycles. The zero-order chi connectivity index (χ0) is 12.7. The van der Waals surface area contributed by atoms with Gasteiger partial charge >= 0.3 is 17.9 Å². The Morgan fingerprint density at radius 1 is 1.06 bits per heavy atom. The van der Waals surface area contributed by atoms with Crippen LogP contribution < -0.4 is 5.32 Å². The fourth-order valence-electron chi connectivity index (χ4n) is 0.742. The first-order valence-electron chi connectivity index (χ1n) is 3.99. The summed E-state index contributed by atoms with van der Waals surface area (Å²) in [6.45, 7) is 0. The number of carbonyl (C=O) groups excluding carboxylic acids is 1. The number of carboxylic acid groups (broad SMARTS) is 3. The van der Waals surface area contributed by atoms with E-state index in [1.165, 1.54) is 0 Å². The van der Waals surface area contributed by atoms with Gasteiger partial charge in [-0.3, -0.25) is 9.59 Å². The quantitative estimate of drug-likeness (QED) is 0.415. The number of hydrogen-bond acceptors (Lipinski definition) is 4. The number of carboxylic acids is 3. The SMILES string of the molecule is O=C(O)/C=C/C(=O)NC(CC(=O)O)C(=O)O. The Bertz CT molecular complexity index is 346. The molecule has 0 aliphatic heterocycles. The van der Waals surface area contributed by atoms with Crippen LogP contribution in [0.1, 0.15) is 6.42 Å². The molecule has 0 heterocycles. The number of rotatable bonds is 6. The third-order valence-corrected chi connectivity index (χ3v) is 1.37. The maximum atomic E-state index is 10.9. The summed E-state index contributed by atoms with van der Waals surface area (Å²) in [5.74, 6) is -5.27. The molecule has 0 radical (unpaired) electrons. The van der Waals surface area contributed by atoms with Gasteiger partial charge < -0.3 is 20.6 Å². The molecule has 0 spiro atoms. The van der Waals surface area contributed by atoms with Crippen molar-refractivity contribution in [1.82, 2.24) is 5.32 Å². The molecule has 0 fully saturated rings. The van der Waals surface area contributed by atoms with E-state index in [4.69, 9.17) is 15.3 Å². The lowest BCUT2D eigenvalue weighted by Gasteiger charge is -2.09. The number of amides is 1. The van der Waals surface area contributed by atoms with Gasteiger partial charge in [0.15, 0.2) is 0 Å². The summed E-state index contributed by atoms with van der Waals surface area (Å²) in [4.78, 5) is 41.7. The molecule has 4 N–H and O–H groups in total. The number of aliphatic carboxylic acids is 3. The van der Waals surface area contributed by atoms with E-state index < -0.39 is 36.3 Å². The van der Waals surface area contributed by atoms with Crippen molar-refractivity contribution < 1.29 is 34.5 Å². The maximum Gasteiger partial charge on any atom is 0.328 e. The zero-order valence-corrected chi connectivity index (χ0v) is 7.91. The van der Waals surface area contributed by atoms with Crippen LogP contribution >= 0.6 is 0 Å². The summed E-state index contributed by atoms with van der Waals surface area (Å²) in [6, 6.07) is -1.59. The van der Waals surface area contributed by atoms with Gasteiger partial charge in [-0.2, -0.15) is 0 Å². The smallest absolute Gasteiger partial charge is 0.328 e. The molecule has 1 unspecified atom stereocenters. The lowest BCUT2D eigenvalue weighted by Crippen LogP contribution is -2.41. The van der Waals surface area contributed by atoms with Crippen molar-refractivity contribution in [2.75, 3.05) is 0 Å². The first kappa shape index (κ1) is 13.6. The van der Waals surface area contributed by atoms with Gasteiger partial charge in [-0.1, -0.05) is 0 Å². The molecule has 0 rings (SSSR count). The van der Waals surface area contributed by atoms with Crippen LogP contribution in [0.2, 0.25) is 0 Å². The van der Waals surface area contributed by atoms with Crippen LogP contribution in [0, 0.1) is 0 Å². The largest absolute Gasteiger partial charge is 0.481 e. The second-order valence-corrected chi connectivity index (χ2v) is 2.67. The first-order chi connectivity index (χ1) is 7.32. The van der Waals surface area contributed by atoms with Crippen molar-refractivity contribution in [2.45, 2.75) is 12.5 Å². The van der Waals surface area contributed by atoms with Crippen molar-refractivity contribution in [3.8, 4) is 0 Å². The fourth-order valence-corrected chi connectivity index (χ4v) is 0.742. The van der Waals surface area contributed by atoms with E-state index in [1.807, 2.05) is 5.32 Å². The molecule has 0 bridgehead atoms. The fraction of sp³-hybridized carbons (Fsp3) is 0.250. The summed E-state index contributed by atoms with van der Waals surface area (Å²) in [7, 11) is 0. The minimum absolute atomic E-state index is 0.509. The van der Waals surface area contributed by atoms with Gasteiger partial charge in [-0.15, -0.1) is 0 Å². The predicted octanol–water partition coefficient (Wildman–Crippen LogP) is -1.33. The van der Waals surface area contributed by atoms with Crippen molar-refractivity contribution in [1.29, 1.82) is 0 Å².